The van der Waals surface area contributed by atoms with Gasteiger partial charge in [-0.25, -0.2) is 9.59 Å². The molecule has 0 aromatic heterocycles. The lowest BCUT2D eigenvalue weighted by molar-refractivity contribution is -0.155. The zero-order valence-electron chi connectivity index (χ0n) is 9.91. The molecule has 1 aliphatic heterocycles. The van der Waals surface area contributed by atoms with E-state index < -0.39 is 36.0 Å². The number of β-amino-alcohol motifs (C(OH)–C–C–N with tert-alkyl or cyclic N) is 1. The summed E-state index contributed by atoms with van der Waals surface area (Å²) in [7, 11) is 0. The van der Waals surface area contributed by atoms with Gasteiger partial charge in [0, 0.05) is 13.0 Å². The van der Waals surface area contributed by atoms with Crippen molar-refractivity contribution in [3.8, 4) is 0 Å². The molecule has 0 aromatic carbocycles. The zero-order chi connectivity index (χ0) is 13.9. The van der Waals surface area contributed by atoms with Gasteiger partial charge in [0.15, 0.2) is 6.04 Å². The number of nitrogens with two attached hydrogens (primary N) is 1. The fourth-order valence-corrected chi connectivity index (χ4v) is 1.80. The quantitative estimate of drug-likeness (QED) is 0.390. The molecular weight excluding hydrogens is 244 g/mol. The number of carbonyl (C=O) groups is 3. The van der Waals surface area contributed by atoms with Crippen LogP contribution in [-0.4, -0.2) is 64.3 Å². The van der Waals surface area contributed by atoms with E-state index in [9.17, 15) is 19.5 Å². The largest absolute Gasteiger partial charge is 0.480 e. The highest BCUT2D eigenvalue weighted by atomic mass is 16.5. The minimum absolute atomic E-state index is 0.0728. The molecule has 18 heavy (non-hydrogen) atoms. The van der Waals surface area contributed by atoms with E-state index >= 15 is 0 Å². The number of nitrogens with zero attached hydrogens (tertiary/aromatic N) is 1. The maximum absolute atomic E-state index is 11.8. The number of amides is 1. The first-order valence-electron chi connectivity index (χ1n) is 5.52. The van der Waals surface area contributed by atoms with E-state index in [2.05, 4.69) is 4.74 Å². The maximum Gasteiger partial charge on any atom is 0.332 e. The van der Waals surface area contributed by atoms with Crippen LogP contribution in [0.25, 0.3) is 0 Å². The number of rotatable bonds is 4. The Morgan fingerprint density at radius 2 is 2.11 bits per heavy atom. The Balaban J connectivity index is 2.76. The zero-order valence-corrected chi connectivity index (χ0v) is 9.91. The van der Waals surface area contributed by atoms with Crippen molar-refractivity contribution in [2.24, 2.45) is 5.73 Å². The van der Waals surface area contributed by atoms with Gasteiger partial charge < -0.3 is 25.6 Å². The van der Waals surface area contributed by atoms with E-state index in [1.807, 2.05) is 0 Å². The number of hydrogen-bond acceptors (Lipinski definition) is 6. The molecule has 0 spiro atoms. The minimum Gasteiger partial charge on any atom is -0.480 e. The molecule has 1 saturated heterocycles. The summed E-state index contributed by atoms with van der Waals surface area (Å²) in [5, 5.41) is 18.3. The highest BCUT2D eigenvalue weighted by molar-refractivity contribution is 6.03. The Morgan fingerprint density at radius 1 is 1.50 bits per heavy atom. The Bertz CT molecular complexity index is 358. The van der Waals surface area contributed by atoms with E-state index in [0.29, 0.717) is 0 Å². The maximum atomic E-state index is 11.8. The summed E-state index contributed by atoms with van der Waals surface area (Å²) < 4.78 is 4.59. The fourth-order valence-electron chi connectivity index (χ4n) is 1.80. The highest BCUT2D eigenvalue weighted by Crippen LogP contribution is 2.19. The monoisotopic (exact) mass is 260 g/mol. The van der Waals surface area contributed by atoms with Crippen LogP contribution in [-0.2, 0) is 19.1 Å². The van der Waals surface area contributed by atoms with Gasteiger partial charge in [0.25, 0.3) is 5.91 Å². The minimum atomic E-state index is -1.56. The predicted molar refractivity (Wildman–Crippen MR) is 58.4 cm³/mol. The third-order valence-electron chi connectivity index (χ3n) is 2.65. The molecule has 0 saturated carbocycles. The smallest absolute Gasteiger partial charge is 0.332 e. The number of likely N-dealkylation sites (tertiary alicyclic amines) is 1. The topological polar surface area (TPSA) is 130 Å². The Hall–Kier alpha value is -1.67. The number of carboxylic acid groups (broad SMARTS) is 1. The Morgan fingerprint density at radius 3 is 2.61 bits per heavy atom. The molecule has 1 fully saturated rings. The molecule has 1 rings (SSSR count). The second kappa shape index (κ2) is 5.78. The number of ether oxygens (including phenoxy) is 1. The number of aliphatic carboxylic acids is 1. The van der Waals surface area contributed by atoms with Gasteiger partial charge in [0.1, 0.15) is 6.04 Å². The van der Waals surface area contributed by atoms with Gasteiger partial charge in [0.2, 0.25) is 0 Å². The molecule has 1 unspecified atom stereocenters. The van der Waals surface area contributed by atoms with Gasteiger partial charge >= 0.3 is 11.9 Å². The van der Waals surface area contributed by atoms with Gasteiger partial charge in [-0.05, 0) is 6.92 Å². The molecule has 4 N–H and O–H groups in total. The van der Waals surface area contributed by atoms with E-state index in [4.69, 9.17) is 10.8 Å². The second-order valence-electron chi connectivity index (χ2n) is 3.96. The number of hydrogen-bond donors (Lipinski definition) is 3. The van der Waals surface area contributed by atoms with Gasteiger partial charge in [-0.15, -0.1) is 0 Å². The lowest BCUT2D eigenvalue weighted by Crippen LogP contribution is -2.52. The molecule has 0 bridgehead atoms. The van der Waals surface area contributed by atoms with Crippen molar-refractivity contribution >= 4 is 17.8 Å². The highest BCUT2D eigenvalue weighted by Gasteiger charge is 2.42. The van der Waals surface area contributed by atoms with Crippen molar-refractivity contribution in [1.29, 1.82) is 0 Å². The van der Waals surface area contributed by atoms with Crippen molar-refractivity contribution in [2.75, 3.05) is 13.2 Å². The molecule has 1 amide bonds. The first-order chi connectivity index (χ1) is 8.38. The SMILES string of the molecule is CCOC(=O)C(N)C(=O)N1C[C@H](O)C[C@H]1C(=O)O. The van der Waals surface area contributed by atoms with Crippen LogP contribution in [0, 0.1) is 0 Å². The van der Waals surface area contributed by atoms with Crippen LogP contribution in [0.5, 0.6) is 0 Å². The summed E-state index contributed by atoms with van der Waals surface area (Å²) in [5.41, 5.74) is 5.39. The van der Waals surface area contributed by atoms with E-state index in [1.54, 1.807) is 6.92 Å². The van der Waals surface area contributed by atoms with Gasteiger partial charge in [-0.2, -0.15) is 0 Å². The third-order valence-corrected chi connectivity index (χ3v) is 2.65. The van der Waals surface area contributed by atoms with Gasteiger partial charge in [0.05, 0.1) is 12.7 Å². The van der Waals surface area contributed by atoms with Crippen LogP contribution >= 0.6 is 0 Å². The molecule has 102 valence electrons. The Kier molecular flexibility index (Phi) is 4.62. The molecule has 3 atom stereocenters. The van der Waals surface area contributed by atoms with E-state index in [1.165, 1.54) is 0 Å². The predicted octanol–water partition coefficient (Wildman–Crippen LogP) is -2.08. The van der Waals surface area contributed by atoms with Gasteiger partial charge in [-0.1, -0.05) is 0 Å². The summed E-state index contributed by atoms with van der Waals surface area (Å²) in [6.07, 6.45) is -0.999. The first kappa shape index (κ1) is 14.4. The van der Waals surface area contributed by atoms with Crippen LogP contribution in [0.1, 0.15) is 13.3 Å². The van der Waals surface area contributed by atoms with E-state index in [-0.39, 0.29) is 19.6 Å². The molecule has 8 heteroatoms. The standard InChI is InChI=1S/C10H16N2O6/c1-2-18-10(17)7(11)8(14)12-4-5(13)3-6(12)9(15)16/h5-7,13H,2-4,11H2,1H3,(H,15,16)/t5-,6+,7?/m1/s1. The molecule has 0 aliphatic carbocycles. The number of carboxylic acids is 1. The average molecular weight is 260 g/mol. The fraction of sp³-hybridized carbons (Fsp3) is 0.700. The van der Waals surface area contributed by atoms with Crippen LogP contribution < -0.4 is 5.73 Å². The van der Waals surface area contributed by atoms with Crippen LogP contribution in [0.15, 0.2) is 0 Å². The van der Waals surface area contributed by atoms with Crippen LogP contribution in [0.4, 0.5) is 0 Å². The second-order valence-corrected chi connectivity index (χ2v) is 3.96. The molecule has 1 aliphatic rings. The van der Waals surface area contributed by atoms with Crippen molar-refractivity contribution in [2.45, 2.75) is 31.5 Å². The number of carbonyl (C=O) groups excluding carboxylic acids is 2. The lowest BCUT2D eigenvalue weighted by Gasteiger charge is -2.23. The van der Waals surface area contributed by atoms with Crippen molar-refractivity contribution in [3.05, 3.63) is 0 Å². The normalized spacial score (nSPS) is 24.7. The average Bonchev–Trinajstić information content (AvgIpc) is 2.69. The number of aliphatic hydroxyl groups excluding tert-OH is 1. The summed E-state index contributed by atoms with van der Waals surface area (Å²) in [5.74, 6) is -3.00. The van der Waals surface area contributed by atoms with Crippen molar-refractivity contribution in [1.82, 2.24) is 4.90 Å². The Labute approximate surface area is 103 Å². The first-order valence-corrected chi connectivity index (χ1v) is 5.52. The van der Waals surface area contributed by atoms with Crippen LogP contribution in [0.3, 0.4) is 0 Å². The summed E-state index contributed by atoms with van der Waals surface area (Å²) in [6, 6.07) is -2.72. The molecular formula is C10H16N2O6. The lowest BCUT2D eigenvalue weighted by atomic mass is 10.2. The molecule has 1 heterocycles. The van der Waals surface area contributed by atoms with E-state index in [0.717, 1.165) is 4.90 Å². The number of esters is 1. The summed E-state index contributed by atoms with van der Waals surface area (Å²) in [4.78, 5) is 35.0. The summed E-state index contributed by atoms with van der Waals surface area (Å²) >= 11 is 0. The molecule has 0 aromatic rings. The van der Waals surface area contributed by atoms with Crippen molar-refractivity contribution < 1.29 is 29.3 Å². The molecule has 0 radical (unpaired) electrons. The number of aliphatic hydroxyl groups is 1. The third kappa shape index (κ3) is 2.96. The van der Waals surface area contributed by atoms with Crippen molar-refractivity contribution in [3.63, 3.8) is 0 Å². The molecule has 8 nitrogen and oxygen atoms in total. The van der Waals surface area contributed by atoms with Gasteiger partial charge in [-0.3, -0.25) is 4.79 Å². The van der Waals surface area contributed by atoms with Crippen LogP contribution in [0.2, 0.25) is 0 Å². The summed E-state index contributed by atoms with van der Waals surface area (Å²) in [6.45, 7) is 1.49.